The highest BCUT2D eigenvalue weighted by Gasteiger charge is 2.16. The standard InChI is InChI=1S/C21H18N4OS/c22-11-16-9-14-5-2-4-8-19(14)25-21(16)27-13-20(26)24-17-10-15-6-1-3-7-18(15)23-12-17/h1,3,6-7,9-10,12H,2,4-5,8,13H2,(H,24,26). The molecule has 1 aromatic carbocycles. The van der Waals surface area contributed by atoms with Crippen LogP contribution in [0.4, 0.5) is 5.69 Å². The molecule has 1 aliphatic carbocycles. The van der Waals surface area contributed by atoms with Gasteiger partial charge in [-0.2, -0.15) is 5.26 Å². The first-order valence-corrected chi connectivity index (χ1v) is 9.92. The van der Waals surface area contributed by atoms with Crippen molar-refractivity contribution in [3.63, 3.8) is 0 Å². The largest absolute Gasteiger partial charge is 0.324 e. The summed E-state index contributed by atoms with van der Waals surface area (Å²) in [4.78, 5) is 21.3. The molecule has 134 valence electrons. The predicted octanol–water partition coefficient (Wildman–Crippen LogP) is 4.11. The Balaban J connectivity index is 1.45. The van der Waals surface area contributed by atoms with Crippen LogP contribution in [0.5, 0.6) is 0 Å². The van der Waals surface area contributed by atoms with E-state index >= 15 is 0 Å². The number of pyridine rings is 2. The number of carbonyl (C=O) groups excluding carboxylic acids is 1. The van der Waals surface area contributed by atoms with Crippen molar-refractivity contribution in [1.29, 1.82) is 5.26 Å². The number of nitrogens with zero attached hydrogens (tertiary/aromatic N) is 3. The predicted molar refractivity (Wildman–Crippen MR) is 107 cm³/mol. The number of fused-ring (bicyclic) bond motifs is 2. The number of benzene rings is 1. The molecule has 27 heavy (non-hydrogen) atoms. The van der Waals surface area contributed by atoms with Crippen LogP contribution < -0.4 is 5.32 Å². The van der Waals surface area contributed by atoms with Crippen LogP contribution >= 0.6 is 11.8 Å². The summed E-state index contributed by atoms with van der Waals surface area (Å²) in [6, 6.07) is 13.8. The van der Waals surface area contributed by atoms with E-state index in [9.17, 15) is 10.1 Å². The first-order chi connectivity index (χ1) is 13.2. The summed E-state index contributed by atoms with van der Waals surface area (Å²) in [5.74, 6) is 0.0632. The zero-order valence-electron chi connectivity index (χ0n) is 14.7. The summed E-state index contributed by atoms with van der Waals surface area (Å²) in [7, 11) is 0. The van der Waals surface area contributed by atoms with E-state index in [0.29, 0.717) is 16.3 Å². The van der Waals surface area contributed by atoms with Crippen molar-refractivity contribution in [3.8, 4) is 6.07 Å². The fraction of sp³-hybridized carbons (Fsp3) is 0.238. The molecule has 0 atom stereocenters. The Hall–Kier alpha value is -2.91. The molecule has 0 radical (unpaired) electrons. The normalized spacial score (nSPS) is 13.0. The molecule has 3 aromatic rings. The van der Waals surface area contributed by atoms with Crippen molar-refractivity contribution in [3.05, 3.63) is 59.4 Å². The first-order valence-electron chi connectivity index (χ1n) is 8.93. The lowest BCUT2D eigenvalue weighted by Gasteiger charge is -2.16. The molecule has 0 aliphatic heterocycles. The Morgan fingerprint density at radius 1 is 1.22 bits per heavy atom. The number of aromatic nitrogens is 2. The van der Waals surface area contributed by atoms with Crippen LogP contribution in [0.25, 0.3) is 10.9 Å². The highest BCUT2D eigenvalue weighted by molar-refractivity contribution is 8.00. The molecule has 0 fully saturated rings. The highest BCUT2D eigenvalue weighted by atomic mass is 32.2. The Labute approximate surface area is 161 Å². The van der Waals surface area contributed by atoms with E-state index < -0.39 is 0 Å². The maximum Gasteiger partial charge on any atom is 0.234 e. The number of carbonyl (C=O) groups is 1. The number of rotatable bonds is 4. The number of nitriles is 1. The van der Waals surface area contributed by atoms with Gasteiger partial charge in [-0.05, 0) is 49.4 Å². The average molecular weight is 374 g/mol. The third kappa shape index (κ3) is 3.93. The van der Waals surface area contributed by atoms with Gasteiger partial charge >= 0.3 is 0 Å². The molecule has 1 aliphatic rings. The number of aryl methyl sites for hydroxylation is 2. The fourth-order valence-electron chi connectivity index (χ4n) is 3.28. The number of nitrogens with one attached hydrogen (secondary N) is 1. The van der Waals surface area contributed by atoms with Crippen molar-refractivity contribution in [2.24, 2.45) is 0 Å². The van der Waals surface area contributed by atoms with Crippen LogP contribution in [0, 0.1) is 11.3 Å². The van der Waals surface area contributed by atoms with Crippen LogP contribution in [0.2, 0.25) is 0 Å². The van der Waals surface area contributed by atoms with Gasteiger partial charge in [0.05, 0.1) is 28.7 Å². The van der Waals surface area contributed by atoms with Crippen molar-refractivity contribution in [2.75, 3.05) is 11.1 Å². The minimum Gasteiger partial charge on any atom is -0.324 e. The smallest absolute Gasteiger partial charge is 0.234 e. The molecule has 0 spiro atoms. The van der Waals surface area contributed by atoms with Gasteiger partial charge in [-0.1, -0.05) is 30.0 Å². The SMILES string of the molecule is N#Cc1cc2c(nc1SCC(=O)Nc1cnc3ccccc3c1)CCCC2. The second kappa shape index (κ2) is 7.77. The Morgan fingerprint density at radius 2 is 2.07 bits per heavy atom. The summed E-state index contributed by atoms with van der Waals surface area (Å²) in [6.07, 6.45) is 5.86. The minimum absolute atomic E-state index is 0.138. The topological polar surface area (TPSA) is 78.7 Å². The molecule has 2 aromatic heterocycles. The van der Waals surface area contributed by atoms with Gasteiger partial charge in [0.1, 0.15) is 11.1 Å². The zero-order valence-corrected chi connectivity index (χ0v) is 15.6. The Kier molecular flexibility index (Phi) is 5.03. The maximum absolute atomic E-state index is 12.3. The summed E-state index contributed by atoms with van der Waals surface area (Å²) >= 11 is 1.31. The van der Waals surface area contributed by atoms with Crippen molar-refractivity contribution in [1.82, 2.24) is 9.97 Å². The summed E-state index contributed by atoms with van der Waals surface area (Å²) in [6.45, 7) is 0. The molecule has 0 saturated heterocycles. The lowest BCUT2D eigenvalue weighted by Crippen LogP contribution is -2.15. The summed E-state index contributed by atoms with van der Waals surface area (Å²) in [5.41, 5.74) is 4.36. The van der Waals surface area contributed by atoms with Crippen molar-refractivity contribution < 1.29 is 4.79 Å². The lowest BCUT2D eigenvalue weighted by atomic mass is 9.95. The van der Waals surface area contributed by atoms with Crippen LogP contribution in [0.1, 0.15) is 29.7 Å². The zero-order chi connectivity index (χ0) is 18.6. The molecule has 2 heterocycles. The van der Waals surface area contributed by atoms with Crippen molar-refractivity contribution >= 4 is 34.3 Å². The summed E-state index contributed by atoms with van der Waals surface area (Å²) in [5, 5.41) is 13.9. The first kappa shape index (κ1) is 17.5. The van der Waals surface area contributed by atoms with E-state index in [-0.39, 0.29) is 11.7 Å². The van der Waals surface area contributed by atoms with Gasteiger partial charge < -0.3 is 5.32 Å². The number of amides is 1. The molecule has 4 rings (SSSR count). The van der Waals surface area contributed by atoms with E-state index in [1.54, 1.807) is 6.20 Å². The van der Waals surface area contributed by atoms with E-state index in [0.717, 1.165) is 42.3 Å². The van der Waals surface area contributed by atoms with Gasteiger partial charge in [0.2, 0.25) is 5.91 Å². The highest BCUT2D eigenvalue weighted by Crippen LogP contribution is 2.27. The van der Waals surface area contributed by atoms with Crippen LogP contribution in [-0.4, -0.2) is 21.6 Å². The lowest BCUT2D eigenvalue weighted by molar-refractivity contribution is -0.113. The van der Waals surface area contributed by atoms with Gasteiger partial charge in [-0.3, -0.25) is 9.78 Å². The molecule has 0 saturated carbocycles. The van der Waals surface area contributed by atoms with Gasteiger partial charge in [-0.15, -0.1) is 0 Å². The van der Waals surface area contributed by atoms with Gasteiger partial charge in [0, 0.05) is 11.1 Å². The van der Waals surface area contributed by atoms with E-state index in [2.05, 4.69) is 21.4 Å². The molecule has 6 heteroatoms. The number of thioether (sulfide) groups is 1. The van der Waals surface area contributed by atoms with Crippen LogP contribution in [0.15, 0.2) is 47.6 Å². The van der Waals surface area contributed by atoms with E-state index in [1.165, 1.54) is 17.3 Å². The number of para-hydroxylation sites is 1. The molecule has 0 unspecified atom stereocenters. The van der Waals surface area contributed by atoms with Crippen LogP contribution in [-0.2, 0) is 17.6 Å². The second-order valence-electron chi connectivity index (χ2n) is 6.52. The molecule has 1 N–H and O–H groups in total. The van der Waals surface area contributed by atoms with Crippen molar-refractivity contribution in [2.45, 2.75) is 30.7 Å². The molecule has 0 bridgehead atoms. The summed E-state index contributed by atoms with van der Waals surface area (Å²) < 4.78 is 0. The quantitative estimate of drug-likeness (QED) is 0.695. The average Bonchev–Trinajstić information content (AvgIpc) is 2.71. The molecular weight excluding hydrogens is 356 g/mol. The maximum atomic E-state index is 12.3. The van der Waals surface area contributed by atoms with Gasteiger partial charge in [0.15, 0.2) is 0 Å². The third-order valence-electron chi connectivity index (χ3n) is 4.60. The number of anilines is 1. The molecule has 1 amide bonds. The Bertz CT molecular complexity index is 1060. The Morgan fingerprint density at radius 3 is 2.96 bits per heavy atom. The fourth-order valence-corrected chi connectivity index (χ4v) is 4.05. The van der Waals surface area contributed by atoms with Crippen LogP contribution in [0.3, 0.4) is 0 Å². The molecule has 5 nitrogen and oxygen atoms in total. The van der Waals surface area contributed by atoms with E-state index in [1.807, 2.05) is 36.4 Å². The van der Waals surface area contributed by atoms with E-state index in [4.69, 9.17) is 0 Å². The third-order valence-corrected chi connectivity index (χ3v) is 5.59. The molecular formula is C21H18N4OS. The van der Waals surface area contributed by atoms with Gasteiger partial charge in [-0.25, -0.2) is 4.98 Å². The monoisotopic (exact) mass is 374 g/mol. The minimum atomic E-state index is -0.138. The second-order valence-corrected chi connectivity index (χ2v) is 7.48. The number of hydrogen-bond donors (Lipinski definition) is 1. The van der Waals surface area contributed by atoms with Gasteiger partial charge in [0.25, 0.3) is 0 Å². The number of hydrogen-bond acceptors (Lipinski definition) is 5.